The number of hydrogen-bond donors (Lipinski definition) is 1. The third kappa shape index (κ3) is 15.8. The van der Waals surface area contributed by atoms with Gasteiger partial charge in [0.15, 0.2) is 0 Å². The molecular weight excluding hydrogens is 418 g/mol. The first-order chi connectivity index (χ1) is 16.4. The highest BCUT2D eigenvalue weighted by molar-refractivity contribution is 5.46. The van der Waals surface area contributed by atoms with E-state index in [0.717, 1.165) is 35.6 Å². The summed E-state index contributed by atoms with van der Waals surface area (Å²) in [5.41, 5.74) is 3.55. The van der Waals surface area contributed by atoms with Crippen molar-refractivity contribution in [2.45, 2.75) is 67.9 Å². The van der Waals surface area contributed by atoms with Gasteiger partial charge >= 0.3 is 0 Å². The average Bonchev–Trinajstić information content (AvgIpc) is 2.82. The first-order valence-electron chi connectivity index (χ1n) is 12.0. The Labute approximate surface area is 210 Å². The van der Waals surface area contributed by atoms with E-state index in [4.69, 9.17) is 9.47 Å². The van der Waals surface area contributed by atoms with Gasteiger partial charge in [0.25, 0.3) is 0 Å². The van der Waals surface area contributed by atoms with Gasteiger partial charge < -0.3 is 14.8 Å². The van der Waals surface area contributed by atoms with Crippen molar-refractivity contribution in [1.29, 1.82) is 0 Å². The van der Waals surface area contributed by atoms with Crippen LogP contribution in [0.3, 0.4) is 0 Å². The molecule has 0 saturated carbocycles. The Balaban J connectivity index is 0. The molecule has 1 atom stereocenters. The summed E-state index contributed by atoms with van der Waals surface area (Å²) >= 11 is 0. The van der Waals surface area contributed by atoms with E-state index in [9.17, 15) is 0 Å². The number of nitrogens with one attached hydrogen (secondary N) is 1. The van der Waals surface area contributed by atoms with Gasteiger partial charge in [-0.25, -0.2) is 0 Å². The van der Waals surface area contributed by atoms with Crippen LogP contribution in [0, 0.1) is 12.3 Å². The van der Waals surface area contributed by atoms with Crippen LogP contribution in [0.2, 0.25) is 0 Å². The summed E-state index contributed by atoms with van der Waals surface area (Å²) in [5, 5.41) is 3.58. The molecule has 0 fully saturated rings. The van der Waals surface area contributed by atoms with Crippen molar-refractivity contribution < 1.29 is 9.47 Å². The van der Waals surface area contributed by atoms with Crippen LogP contribution in [-0.4, -0.2) is 26.3 Å². The number of rotatable bonds is 14. The van der Waals surface area contributed by atoms with Gasteiger partial charge in [-0.3, -0.25) is 0 Å². The molecule has 0 heterocycles. The molecule has 0 unspecified atom stereocenters. The van der Waals surface area contributed by atoms with E-state index in [0.29, 0.717) is 12.6 Å². The monoisotopic (exact) mass is 465 g/mol. The van der Waals surface area contributed by atoms with Gasteiger partial charge in [0, 0.05) is 18.2 Å². The van der Waals surface area contributed by atoms with Crippen molar-refractivity contribution in [3.05, 3.63) is 95.1 Å². The van der Waals surface area contributed by atoms with Crippen molar-refractivity contribution in [3.63, 3.8) is 0 Å². The summed E-state index contributed by atoms with van der Waals surface area (Å²) in [6.45, 7) is 17.5. The van der Waals surface area contributed by atoms with Crippen LogP contribution in [0.5, 0.6) is 0 Å². The summed E-state index contributed by atoms with van der Waals surface area (Å²) in [6, 6.07) is 0.324. The first kappa shape index (κ1) is 33.2. The zero-order valence-corrected chi connectivity index (χ0v) is 22.9. The zero-order chi connectivity index (χ0) is 26.2. The topological polar surface area (TPSA) is 30.5 Å². The highest BCUT2D eigenvalue weighted by Gasteiger charge is 2.07. The molecule has 0 aromatic heterocycles. The Kier molecular flexibility index (Phi) is 22.7. The molecule has 0 rings (SSSR count). The lowest BCUT2D eigenvalue weighted by atomic mass is 10.0. The molecule has 1 N–H and O–H groups in total. The molecule has 34 heavy (non-hydrogen) atoms. The maximum absolute atomic E-state index is 5.92. The highest BCUT2D eigenvalue weighted by Crippen LogP contribution is 2.20. The van der Waals surface area contributed by atoms with E-state index in [2.05, 4.69) is 81.8 Å². The normalized spacial score (nSPS) is 14.9. The molecule has 0 amide bonds. The highest BCUT2D eigenvalue weighted by atomic mass is 16.5. The minimum absolute atomic E-state index is 0.324. The minimum Gasteiger partial charge on any atom is -0.497 e. The molecule has 0 aliphatic carbocycles. The molecule has 0 spiro atoms. The van der Waals surface area contributed by atoms with Crippen LogP contribution in [0.1, 0.15) is 61.8 Å². The van der Waals surface area contributed by atoms with Gasteiger partial charge in [0.1, 0.15) is 11.5 Å². The Morgan fingerprint density at radius 3 is 2.15 bits per heavy atom. The summed E-state index contributed by atoms with van der Waals surface area (Å²) in [4.78, 5) is 0. The molecule has 188 valence electrons. The SMILES string of the molecule is C#CC.C/C=C\C/C(=C\C)[C@@H](C)NC/C=C/C(=C(\C=C/C)OCC)C(/C)=C/C=C(\C=C/C)OC. The molecule has 0 saturated heterocycles. The largest absolute Gasteiger partial charge is 0.497 e. The van der Waals surface area contributed by atoms with Crippen LogP contribution < -0.4 is 5.32 Å². The first-order valence-corrected chi connectivity index (χ1v) is 12.0. The lowest BCUT2D eigenvalue weighted by Gasteiger charge is -2.16. The van der Waals surface area contributed by atoms with E-state index in [-0.39, 0.29) is 0 Å². The van der Waals surface area contributed by atoms with E-state index in [1.54, 1.807) is 14.0 Å². The number of terminal acetylenes is 1. The van der Waals surface area contributed by atoms with Crippen molar-refractivity contribution in [2.75, 3.05) is 20.3 Å². The second kappa shape index (κ2) is 23.2. The summed E-state index contributed by atoms with van der Waals surface area (Å²) in [6.07, 6.45) is 28.3. The number of allylic oxidation sites excluding steroid dienone is 12. The quantitative estimate of drug-likeness (QED) is 0.122. The fourth-order valence-electron chi connectivity index (χ4n) is 2.93. The minimum atomic E-state index is 0.324. The zero-order valence-electron chi connectivity index (χ0n) is 22.9. The molecule has 0 aromatic carbocycles. The van der Waals surface area contributed by atoms with E-state index in [1.807, 2.05) is 51.2 Å². The van der Waals surface area contributed by atoms with Gasteiger partial charge in [0.05, 0.1) is 13.7 Å². The van der Waals surface area contributed by atoms with Gasteiger partial charge in [-0.05, 0) is 85.6 Å². The van der Waals surface area contributed by atoms with Crippen LogP contribution in [-0.2, 0) is 9.47 Å². The van der Waals surface area contributed by atoms with E-state index >= 15 is 0 Å². The fraction of sp³-hybridized carbons (Fsp3) is 0.419. The Hall–Kier alpha value is -2.96. The Bertz CT molecular complexity index is 824. The fourth-order valence-corrected chi connectivity index (χ4v) is 2.93. The Morgan fingerprint density at radius 1 is 1.00 bits per heavy atom. The molecule has 3 nitrogen and oxygen atoms in total. The lowest BCUT2D eigenvalue weighted by Crippen LogP contribution is -2.27. The summed E-state index contributed by atoms with van der Waals surface area (Å²) in [7, 11) is 1.68. The molecule has 0 aliphatic rings. The second-order valence-electron chi connectivity index (χ2n) is 7.29. The van der Waals surface area contributed by atoms with Crippen LogP contribution in [0.4, 0.5) is 0 Å². The predicted molar refractivity (Wildman–Crippen MR) is 151 cm³/mol. The average molecular weight is 466 g/mol. The summed E-state index contributed by atoms with van der Waals surface area (Å²) < 4.78 is 11.3. The molecule has 0 aromatic rings. The van der Waals surface area contributed by atoms with Gasteiger partial charge in [-0.1, -0.05) is 54.2 Å². The van der Waals surface area contributed by atoms with E-state index in [1.165, 1.54) is 5.57 Å². The third-order valence-electron chi connectivity index (χ3n) is 4.72. The maximum Gasteiger partial charge on any atom is 0.126 e. The van der Waals surface area contributed by atoms with Gasteiger partial charge in [0.2, 0.25) is 0 Å². The Morgan fingerprint density at radius 2 is 1.65 bits per heavy atom. The molecule has 0 radical (unpaired) electrons. The third-order valence-corrected chi connectivity index (χ3v) is 4.72. The molecular formula is C31H47NO2. The number of hydrogen-bond acceptors (Lipinski definition) is 3. The van der Waals surface area contributed by atoms with Crippen LogP contribution in [0.15, 0.2) is 95.1 Å². The molecule has 0 bridgehead atoms. The second-order valence-corrected chi connectivity index (χ2v) is 7.29. The number of ether oxygens (including phenoxy) is 2. The van der Waals surface area contributed by atoms with Gasteiger partial charge in [-0.2, -0.15) is 0 Å². The lowest BCUT2D eigenvalue weighted by molar-refractivity contribution is 0.240. The van der Waals surface area contributed by atoms with Gasteiger partial charge in [-0.15, -0.1) is 12.3 Å². The molecule has 3 heteroatoms. The van der Waals surface area contributed by atoms with Crippen molar-refractivity contribution in [2.24, 2.45) is 0 Å². The predicted octanol–water partition coefficient (Wildman–Crippen LogP) is 7.99. The summed E-state index contributed by atoms with van der Waals surface area (Å²) in [5.74, 6) is 3.92. The van der Waals surface area contributed by atoms with Crippen molar-refractivity contribution in [1.82, 2.24) is 5.32 Å². The van der Waals surface area contributed by atoms with E-state index < -0.39 is 0 Å². The molecule has 0 aliphatic heterocycles. The number of methoxy groups -OCH3 is 1. The smallest absolute Gasteiger partial charge is 0.126 e. The van der Waals surface area contributed by atoms with Crippen molar-refractivity contribution >= 4 is 0 Å². The van der Waals surface area contributed by atoms with Crippen LogP contribution >= 0.6 is 0 Å². The standard InChI is InChI=1S/C28H43NO2.C3H4/c1-9-14-18-25(12-4)24(7)29-22-15-19-27(28(17-11-3)31-13-5)23(6)20-21-26(30-8)16-10-2;1-3-2/h9-12,14-17,19-21,24,29H,13,18,22H2,1-8H3;1H,2H3/b14-9-,16-10-,17-11-,19-15+,23-20+,25-12+,26-21+,28-27-;/t24-;/m1./s1. The maximum atomic E-state index is 5.92. The van der Waals surface area contributed by atoms with Crippen molar-refractivity contribution in [3.8, 4) is 12.3 Å². The van der Waals surface area contributed by atoms with Crippen LogP contribution in [0.25, 0.3) is 0 Å².